The molecule has 0 saturated carbocycles. The van der Waals surface area contributed by atoms with Crippen molar-refractivity contribution in [3.05, 3.63) is 10.6 Å². The van der Waals surface area contributed by atoms with Crippen LogP contribution in [0, 0.1) is 0 Å². The minimum Gasteiger partial charge on any atom is -0.480 e. The van der Waals surface area contributed by atoms with Gasteiger partial charge >= 0.3 is 12.0 Å². The van der Waals surface area contributed by atoms with Crippen molar-refractivity contribution in [1.29, 1.82) is 0 Å². The van der Waals surface area contributed by atoms with Gasteiger partial charge in [-0.15, -0.1) is 11.3 Å². The SMILES string of the molecule is O=C(O)[C@H]1C[C@@H](O)CN1C(=O)Nc1nc2c(s1)CCC2. The van der Waals surface area contributed by atoms with Crippen molar-refractivity contribution in [2.75, 3.05) is 11.9 Å². The molecule has 1 aromatic heterocycles. The summed E-state index contributed by atoms with van der Waals surface area (Å²) in [6.45, 7) is 0.0356. The van der Waals surface area contributed by atoms with Crippen LogP contribution in [0.2, 0.25) is 0 Å². The van der Waals surface area contributed by atoms with Gasteiger partial charge in [-0.25, -0.2) is 14.6 Å². The predicted molar refractivity (Wildman–Crippen MR) is 71.9 cm³/mol. The number of rotatable bonds is 2. The van der Waals surface area contributed by atoms with Crippen LogP contribution >= 0.6 is 11.3 Å². The minimum absolute atomic E-state index is 0.0356. The van der Waals surface area contributed by atoms with Crippen molar-refractivity contribution in [1.82, 2.24) is 9.88 Å². The molecule has 1 aromatic rings. The number of nitrogens with zero attached hydrogens (tertiary/aromatic N) is 2. The number of urea groups is 1. The summed E-state index contributed by atoms with van der Waals surface area (Å²) in [6, 6.07) is -1.49. The highest BCUT2D eigenvalue weighted by atomic mass is 32.1. The molecule has 1 saturated heterocycles. The average molecular weight is 297 g/mol. The van der Waals surface area contributed by atoms with Crippen LogP contribution in [0.1, 0.15) is 23.4 Å². The van der Waals surface area contributed by atoms with Crippen molar-refractivity contribution in [3.63, 3.8) is 0 Å². The zero-order chi connectivity index (χ0) is 14.3. The lowest BCUT2D eigenvalue weighted by Gasteiger charge is -2.20. The highest BCUT2D eigenvalue weighted by Crippen LogP contribution is 2.31. The van der Waals surface area contributed by atoms with Gasteiger partial charge in [0.2, 0.25) is 0 Å². The molecule has 7 nitrogen and oxygen atoms in total. The Morgan fingerprint density at radius 1 is 1.40 bits per heavy atom. The van der Waals surface area contributed by atoms with Crippen LogP contribution in [0.25, 0.3) is 0 Å². The molecule has 0 bridgehead atoms. The van der Waals surface area contributed by atoms with E-state index in [1.807, 2.05) is 0 Å². The maximum absolute atomic E-state index is 12.1. The maximum Gasteiger partial charge on any atom is 0.326 e. The lowest BCUT2D eigenvalue weighted by Crippen LogP contribution is -2.43. The number of carboxylic acids is 1. The number of β-amino-alcohol motifs (C(OH)–C–C–N with tert-alkyl or cyclic N) is 1. The van der Waals surface area contributed by atoms with Gasteiger partial charge in [0.05, 0.1) is 11.8 Å². The molecular formula is C12H15N3O4S. The smallest absolute Gasteiger partial charge is 0.326 e. The quantitative estimate of drug-likeness (QED) is 0.745. The number of fused-ring (bicyclic) bond motifs is 1. The summed E-state index contributed by atoms with van der Waals surface area (Å²) in [7, 11) is 0. The van der Waals surface area contributed by atoms with Crippen LogP contribution in [0.3, 0.4) is 0 Å². The summed E-state index contributed by atoms with van der Waals surface area (Å²) in [5.41, 5.74) is 1.03. The van der Waals surface area contributed by atoms with Gasteiger partial charge in [0.1, 0.15) is 6.04 Å². The van der Waals surface area contributed by atoms with Gasteiger partial charge in [-0.2, -0.15) is 0 Å². The van der Waals surface area contributed by atoms with Crippen LogP contribution in [-0.2, 0) is 17.6 Å². The van der Waals surface area contributed by atoms with E-state index in [1.165, 1.54) is 16.2 Å². The minimum atomic E-state index is -1.10. The first-order valence-electron chi connectivity index (χ1n) is 6.51. The number of aryl methyl sites for hydroxylation is 2. The lowest BCUT2D eigenvalue weighted by molar-refractivity contribution is -0.141. The number of aliphatic hydroxyl groups is 1. The summed E-state index contributed by atoms with van der Waals surface area (Å²) in [5.74, 6) is -1.10. The van der Waals surface area contributed by atoms with Crippen molar-refractivity contribution >= 4 is 28.5 Å². The molecule has 2 atom stereocenters. The van der Waals surface area contributed by atoms with E-state index < -0.39 is 24.1 Å². The van der Waals surface area contributed by atoms with Gasteiger partial charge in [0, 0.05) is 17.8 Å². The van der Waals surface area contributed by atoms with E-state index in [0.29, 0.717) is 5.13 Å². The number of carbonyl (C=O) groups is 2. The highest BCUT2D eigenvalue weighted by Gasteiger charge is 2.39. The number of thiazole rings is 1. The van der Waals surface area contributed by atoms with Crippen LogP contribution < -0.4 is 5.32 Å². The second-order valence-corrected chi connectivity index (χ2v) is 6.15. The van der Waals surface area contributed by atoms with Crippen molar-refractivity contribution in [2.24, 2.45) is 0 Å². The van der Waals surface area contributed by atoms with E-state index in [4.69, 9.17) is 5.11 Å². The Bertz CT molecular complexity index is 537. The summed E-state index contributed by atoms with van der Waals surface area (Å²) in [5, 5.41) is 21.7. The van der Waals surface area contributed by atoms with Gasteiger partial charge in [-0.05, 0) is 19.3 Å². The van der Waals surface area contributed by atoms with Gasteiger partial charge < -0.3 is 15.1 Å². The summed E-state index contributed by atoms with van der Waals surface area (Å²) >= 11 is 1.44. The fraction of sp³-hybridized carbons (Fsp3) is 0.583. The van der Waals surface area contributed by atoms with Crippen LogP contribution in [0.5, 0.6) is 0 Å². The first-order chi connectivity index (χ1) is 9.54. The van der Waals surface area contributed by atoms with Gasteiger partial charge in [0.15, 0.2) is 5.13 Å². The molecule has 1 aliphatic carbocycles. The number of anilines is 1. The Balaban J connectivity index is 1.70. The Morgan fingerprint density at radius 3 is 2.90 bits per heavy atom. The third-order valence-corrected chi connectivity index (χ3v) is 4.71. The fourth-order valence-corrected chi connectivity index (χ4v) is 3.72. The maximum atomic E-state index is 12.1. The number of aromatic nitrogens is 1. The monoisotopic (exact) mass is 297 g/mol. The number of carboxylic acid groups (broad SMARTS) is 1. The largest absolute Gasteiger partial charge is 0.480 e. The topological polar surface area (TPSA) is 103 Å². The molecule has 108 valence electrons. The molecule has 2 amide bonds. The molecule has 0 unspecified atom stereocenters. The highest BCUT2D eigenvalue weighted by molar-refractivity contribution is 7.15. The molecule has 1 fully saturated rings. The van der Waals surface area contributed by atoms with Gasteiger partial charge in [-0.1, -0.05) is 0 Å². The number of carbonyl (C=O) groups excluding carboxylic acids is 1. The third-order valence-electron chi connectivity index (χ3n) is 3.63. The van der Waals surface area contributed by atoms with Gasteiger partial charge in [-0.3, -0.25) is 5.32 Å². The summed E-state index contributed by atoms with van der Waals surface area (Å²) < 4.78 is 0. The van der Waals surface area contributed by atoms with E-state index >= 15 is 0 Å². The Labute approximate surface area is 119 Å². The summed E-state index contributed by atoms with van der Waals surface area (Å²) in [4.78, 5) is 29.9. The Morgan fingerprint density at radius 2 is 2.20 bits per heavy atom. The first-order valence-corrected chi connectivity index (χ1v) is 7.33. The van der Waals surface area contributed by atoms with E-state index in [2.05, 4.69) is 10.3 Å². The van der Waals surface area contributed by atoms with Crippen molar-refractivity contribution < 1.29 is 19.8 Å². The van der Waals surface area contributed by atoms with E-state index in [9.17, 15) is 14.7 Å². The average Bonchev–Trinajstić information content (AvgIpc) is 3.02. The molecule has 20 heavy (non-hydrogen) atoms. The van der Waals surface area contributed by atoms with E-state index in [-0.39, 0.29) is 13.0 Å². The number of aliphatic carboxylic acids is 1. The third kappa shape index (κ3) is 2.36. The zero-order valence-corrected chi connectivity index (χ0v) is 11.5. The van der Waals surface area contributed by atoms with Crippen LogP contribution in [0.15, 0.2) is 0 Å². The van der Waals surface area contributed by atoms with E-state index in [0.717, 1.165) is 29.9 Å². The van der Waals surface area contributed by atoms with Crippen molar-refractivity contribution in [2.45, 2.75) is 37.8 Å². The second kappa shape index (κ2) is 5.02. The predicted octanol–water partition coefficient (Wildman–Crippen LogP) is 0.684. The number of nitrogens with one attached hydrogen (secondary N) is 1. The molecule has 2 heterocycles. The van der Waals surface area contributed by atoms with E-state index in [1.54, 1.807) is 0 Å². The Hall–Kier alpha value is -1.67. The second-order valence-electron chi connectivity index (χ2n) is 5.07. The van der Waals surface area contributed by atoms with Gasteiger partial charge in [0.25, 0.3) is 0 Å². The standard InChI is InChI=1S/C12H15N3O4S/c16-6-4-8(10(17)18)15(5-6)12(19)14-11-13-7-2-1-3-9(7)20-11/h6,8,16H,1-5H2,(H,17,18)(H,13,14,19)/t6-,8-/m1/s1. The molecule has 0 aromatic carbocycles. The Kier molecular flexibility index (Phi) is 3.35. The molecule has 2 aliphatic rings. The first kappa shape index (κ1) is 13.3. The number of likely N-dealkylation sites (tertiary alicyclic amines) is 1. The molecule has 3 rings (SSSR count). The van der Waals surface area contributed by atoms with Crippen molar-refractivity contribution in [3.8, 4) is 0 Å². The normalized spacial score (nSPS) is 24.8. The van der Waals surface area contributed by atoms with Crippen LogP contribution in [-0.4, -0.2) is 50.8 Å². The molecule has 8 heteroatoms. The number of hydrogen-bond donors (Lipinski definition) is 3. The number of aliphatic hydroxyl groups excluding tert-OH is 1. The lowest BCUT2D eigenvalue weighted by atomic mass is 10.2. The molecule has 1 aliphatic heterocycles. The number of hydrogen-bond acceptors (Lipinski definition) is 5. The molecular weight excluding hydrogens is 282 g/mol. The molecule has 0 radical (unpaired) electrons. The number of amides is 2. The summed E-state index contributed by atoms with van der Waals surface area (Å²) in [6.07, 6.45) is 2.30. The van der Waals surface area contributed by atoms with Crippen LogP contribution in [0.4, 0.5) is 9.93 Å². The molecule has 3 N–H and O–H groups in total. The molecule has 0 spiro atoms. The fourth-order valence-electron chi connectivity index (χ4n) is 2.68. The zero-order valence-electron chi connectivity index (χ0n) is 10.7.